The molecule has 0 aliphatic carbocycles. The van der Waals surface area contributed by atoms with Crippen molar-refractivity contribution >= 4 is 11.8 Å². The third-order valence-corrected chi connectivity index (χ3v) is 4.00. The Hall–Kier alpha value is -2.70. The molecule has 1 aliphatic heterocycles. The average Bonchev–Trinajstić information content (AvgIpc) is 2.63. The number of aliphatic imine (C=N–C) groups is 1. The zero-order valence-electron chi connectivity index (χ0n) is 13.2. The van der Waals surface area contributed by atoms with Crippen LogP contribution < -0.4 is 10.6 Å². The molecule has 5 nitrogen and oxygen atoms in total. The molecule has 0 atom stereocenters. The number of guanidine groups is 1. The first-order valence-electron chi connectivity index (χ1n) is 7.78. The molecular weight excluding hydrogens is 312 g/mol. The highest BCUT2D eigenvalue weighted by molar-refractivity contribution is 5.78. The van der Waals surface area contributed by atoms with Gasteiger partial charge in [0.15, 0.2) is 5.96 Å². The summed E-state index contributed by atoms with van der Waals surface area (Å²) < 4.78 is 26.8. The molecule has 0 amide bonds. The van der Waals surface area contributed by atoms with Crippen molar-refractivity contribution in [2.24, 2.45) is 10.7 Å². The summed E-state index contributed by atoms with van der Waals surface area (Å²) in [6, 6.07) is 9.14. The van der Waals surface area contributed by atoms with Gasteiger partial charge in [-0.2, -0.15) is 0 Å². The van der Waals surface area contributed by atoms with E-state index in [0.717, 1.165) is 37.1 Å². The zero-order chi connectivity index (χ0) is 16.9. The molecule has 1 aromatic carbocycles. The highest BCUT2D eigenvalue weighted by atomic mass is 19.1. The van der Waals surface area contributed by atoms with Crippen LogP contribution in [0.25, 0.3) is 0 Å². The quantitative estimate of drug-likeness (QED) is 0.690. The van der Waals surface area contributed by atoms with Crippen LogP contribution in [0.4, 0.5) is 14.6 Å². The van der Waals surface area contributed by atoms with Crippen molar-refractivity contribution in [1.29, 1.82) is 0 Å². The predicted molar refractivity (Wildman–Crippen MR) is 89.7 cm³/mol. The van der Waals surface area contributed by atoms with Gasteiger partial charge in [0.25, 0.3) is 0 Å². The lowest BCUT2D eigenvalue weighted by Crippen LogP contribution is -2.51. The first kappa shape index (κ1) is 16.2. The van der Waals surface area contributed by atoms with Crippen molar-refractivity contribution < 1.29 is 8.78 Å². The topological polar surface area (TPSA) is 57.8 Å². The maximum atomic E-state index is 13.6. The standard InChI is InChI=1S/C17H19F2N5/c18-14-4-5-15(19)13(11-14)12-22-17(20)24-9-7-23(8-10-24)16-3-1-2-6-21-16/h1-6,11H,7-10,12H2,(H2,20,22). The molecular formula is C17H19F2N5. The lowest BCUT2D eigenvalue weighted by molar-refractivity contribution is 0.379. The maximum absolute atomic E-state index is 13.6. The number of benzene rings is 1. The summed E-state index contributed by atoms with van der Waals surface area (Å²) in [5, 5.41) is 0. The van der Waals surface area contributed by atoms with Crippen LogP contribution in [0.5, 0.6) is 0 Å². The fourth-order valence-electron chi connectivity index (χ4n) is 2.64. The van der Waals surface area contributed by atoms with Gasteiger partial charge in [-0.05, 0) is 30.3 Å². The molecule has 0 spiro atoms. The highest BCUT2D eigenvalue weighted by Gasteiger charge is 2.19. The Morgan fingerprint density at radius 3 is 2.62 bits per heavy atom. The second-order valence-electron chi connectivity index (χ2n) is 5.57. The van der Waals surface area contributed by atoms with E-state index in [1.807, 2.05) is 23.1 Å². The van der Waals surface area contributed by atoms with Crippen molar-refractivity contribution in [3.63, 3.8) is 0 Å². The monoisotopic (exact) mass is 331 g/mol. The molecule has 126 valence electrons. The third kappa shape index (κ3) is 3.79. The van der Waals surface area contributed by atoms with Crippen LogP contribution in [-0.4, -0.2) is 42.0 Å². The van der Waals surface area contributed by atoms with Crippen LogP contribution in [0.15, 0.2) is 47.6 Å². The van der Waals surface area contributed by atoms with Gasteiger partial charge < -0.3 is 15.5 Å². The molecule has 0 unspecified atom stereocenters. The molecule has 2 aromatic rings. The summed E-state index contributed by atoms with van der Waals surface area (Å²) in [4.78, 5) is 12.7. The minimum Gasteiger partial charge on any atom is -0.370 e. The Balaban J connectivity index is 1.58. The van der Waals surface area contributed by atoms with Gasteiger partial charge in [0.2, 0.25) is 0 Å². The number of halogens is 2. The van der Waals surface area contributed by atoms with Crippen LogP contribution in [0.1, 0.15) is 5.56 Å². The smallest absolute Gasteiger partial charge is 0.191 e. The molecule has 0 radical (unpaired) electrons. The summed E-state index contributed by atoms with van der Waals surface area (Å²) in [7, 11) is 0. The molecule has 0 bridgehead atoms. The summed E-state index contributed by atoms with van der Waals surface area (Å²) in [6.45, 7) is 2.99. The van der Waals surface area contributed by atoms with Gasteiger partial charge in [-0.15, -0.1) is 0 Å². The van der Waals surface area contributed by atoms with Crippen molar-refractivity contribution in [2.75, 3.05) is 31.1 Å². The Bertz CT molecular complexity index is 712. The van der Waals surface area contributed by atoms with E-state index >= 15 is 0 Å². The van der Waals surface area contributed by atoms with Gasteiger partial charge in [0, 0.05) is 37.9 Å². The largest absolute Gasteiger partial charge is 0.370 e. The highest BCUT2D eigenvalue weighted by Crippen LogP contribution is 2.13. The van der Waals surface area contributed by atoms with Gasteiger partial charge in [0.1, 0.15) is 17.5 Å². The summed E-state index contributed by atoms with van der Waals surface area (Å²) >= 11 is 0. The first-order valence-corrected chi connectivity index (χ1v) is 7.78. The molecule has 7 heteroatoms. The van der Waals surface area contributed by atoms with E-state index in [0.29, 0.717) is 19.0 Å². The SMILES string of the molecule is NC(=NCc1cc(F)ccc1F)N1CCN(c2ccccn2)CC1. The molecule has 2 N–H and O–H groups in total. The molecule has 1 fully saturated rings. The lowest BCUT2D eigenvalue weighted by Gasteiger charge is -2.35. The fraction of sp³-hybridized carbons (Fsp3) is 0.294. The number of piperazine rings is 1. The molecule has 2 heterocycles. The number of aromatic nitrogens is 1. The minimum absolute atomic E-state index is 0.0237. The van der Waals surface area contributed by atoms with E-state index in [1.165, 1.54) is 0 Å². The van der Waals surface area contributed by atoms with Gasteiger partial charge in [0.05, 0.1) is 6.54 Å². The molecule has 24 heavy (non-hydrogen) atoms. The predicted octanol–water partition coefficient (Wildman–Crippen LogP) is 2.00. The van der Waals surface area contributed by atoms with E-state index in [4.69, 9.17) is 5.73 Å². The van der Waals surface area contributed by atoms with Crippen LogP contribution in [-0.2, 0) is 6.54 Å². The number of hydrogen-bond donors (Lipinski definition) is 1. The lowest BCUT2D eigenvalue weighted by atomic mass is 10.2. The summed E-state index contributed by atoms with van der Waals surface area (Å²) in [6.07, 6.45) is 1.77. The van der Waals surface area contributed by atoms with E-state index < -0.39 is 11.6 Å². The van der Waals surface area contributed by atoms with E-state index in [1.54, 1.807) is 6.20 Å². The summed E-state index contributed by atoms with van der Waals surface area (Å²) in [5.41, 5.74) is 6.19. The summed E-state index contributed by atoms with van der Waals surface area (Å²) in [5.74, 6) is 0.325. The van der Waals surface area contributed by atoms with Crippen LogP contribution in [0.2, 0.25) is 0 Å². The number of hydrogen-bond acceptors (Lipinski definition) is 3. The number of nitrogens with two attached hydrogens (primary N) is 1. The van der Waals surface area contributed by atoms with Crippen LogP contribution >= 0.6 is 0 Å². The Morgan fingerprint density at radius 2 is 1.92 bits per heavy atom. The Labute approximate surface area is 139 Å². The average molecular weight is 331 g/mol. The molecule has 1 aromatic heterocycles. The molecule has 1 aliphatic rings. The minimum atomic E-state index is -0.482. The van der Waals surface area contributed by atoms with Crippen molar-refractivity contribution in [3.05, 3.63) is 59.8 Å². The normalized spacial score (nSPS) is 15.7. The van der Waals surface area contributed by atoms with Gasteiger partial charge in [-0.25, -0.2) is 18.8 Å². The van der Waals surface area contributed by atoms with Crippen LogP contribution in [0.3, 0.4) is 0 Å². The van der Waals surface area contributed by atoms with Crippen molar-refractivity contribution in [3.8, 4) is 0 Å². The first-order chi connectivity index (χ1) is 11.6. The van der Waals surface area contributed by atoms with E-state index in [2.05, 4.69) is 14.9 Å². The maximum Gasteiger partial charge on any atom is 0.191 e. The van der Waals surface area contributed by atoms with E-state index in [-0.39, 0.29) is 12.1 Å². The van der Waals surface area contributed by atoms with Crippen molar-refractivity contribution in [2.45, 2.75) is 6.54 Å². The Morgan fingerprint density at radius 1 is 1.12 bits per heavy atom. The van der Waals surface area contributed by atoms with Gasteiger partial charge in [-0.1, -0.05) is 6.07 Å². The third-order valence-electron chi connectivity index (χ3n) is 4.00. The fourth-order valence-corrected chi connectivity index (χ4v) is 2.64. The van der Waals surface area contributed by atoms with Gasteiger partial charge in [-0.3, -0.25) is 0 Å². The molecule has 0 saturated carbocycles. The molecule has 1 saturated heterocycles. The number of anilines is 1. The Kier molecular flexibility index (Phi) is 4.88. The second-order valence-corrected chi connectivity index (χ2v) is 5.57. The second kappa shape index (κ2) is 7.25. The molecule has 3 rings (SSSR count). The number of pyridine rings is 1. The van der Waals surface area contributed by atoms with Crippen molar-refractivity contribution in [1.82, 2.24) is 9.88 Å². The van der Waals surface area contributed by atoms with Crippen LogP contribution in [0, 0.1) is 11.6 Å². The van der Waals surface area contributed by atoms with E-state index in [9.17, 15) is 8.78 Å². The zero-order valence-corrected chi connectivity index (χ0v) is 13.2. The number of rotatable bonds is 3. The number of nitrogens with zero attached hydrogens (tertiary/aromatic N) is 4. The van der Waals surface area contributed by atoms with Gasteiger partial charge >= 0.3 is 0 Å².